The summed E-state index contributed by atoms with van der Waals surface area (Å²) >= 11 is 0. The molecule has 1 rings (SSSR count). The van der Waals surface area contributed by atoms with Gasteiger partial charge in [0.1, 0.15) is 6.10 Å². The molecule has 0 saturated carbocycles. The van der Waals surface area contributed by atoms with Gasteiger partial charge in [-0.05, 0) is 17.5 Å². The van der Waals surface area contributed by atoms with Crippen LogP contribution in [0.1, 0.15) is 24.2 Å². The molecule has 0 aliphatic carbocycles. The first kappa shape index (κ1) is 10.1. The zero-order valence-corrected chi connectivity index (χ0v) is 7.37. The molecule has 1 unspecified atom stereocenters. The molecule has 72 valence electrons. The van der Waals surface area contributed by atoms with Crippen molar-refractivity contribution in [2.75, 3.05) is 0 Å². The number of hydrogen-bond donors (Lipinski definition) is 1. The molecule has 3 heteroatoms. The first-order valence-electron chi connectivity index (χ1n) is 4.20. The Bertz CT molecular complexity index is 273. The van der Waals surface area contributed by atoms with Gasteiger partial charge in [-0.3, -0.25) is 0 Å². The minimum absolute atomic E-state index is 0.286. The first-order chi connectivity index (χ1) is 6.15. The normalized spacial score (nSPS) is 13.3. The minimum atomic E-state index is -2.72. The summed E-state index contributed by atoms with van der Waals surface area (Å²) in [6.07, 6.45) is -3.59. The SMILES string of the molecule is CCc1cccc(C(O)C(F)F)c1. The van der Waals surface area contributed by atoms with Crippen molar-refractivity contribution in [3.63, 3.8) is 0 Å². The number of hydrogen-bond acceptors (Lipinski definition) is 1. The van der Waals surface area contributed by atoms with Crippen molar-refractivity contribution in [3.8, 4) is 0 Å². The van der Waals surface area contributed by atoms with Gasteiger partial charge in [-0.25, -0.2) is 8.78 Å². The molecule has 0 amide bonds. The van der Waals surface area contributed by atoms with Crippen LogP contribution in [0.4, 0.5) is 8.78 Å². The summed E-state index contributed by atoms with van der Waals surface area (Å²) in [5.41, 5.74) is 1.24. The van der Waals surface area contributed by atoms with Crippen LogP contribution in [0.2, 0.25) is 0 Å². The Hall–Kier alpha value is -0.960. The second kappa shape index (κ2) is 4.33. The molecule has 0 saturated heterocycles. The van der Waals surface area contributed by atoms with Gasteiger partial charge in [-0.1, -0.05) is 31.2 Å². The van der Waals surface area contributed by atoms with Crippen LogP contribution in [0.5, 0.6) is 0 Å². The average Bonchev–Trinajstić information content (AvgIpc) is 2.16. The largest absolute Gasteiger partial charge is 0.382 e. The molecule has 0 fully saturated rings. The maximum absolute atomic E-state index is 12.1. The van der Waals surface area contributed by atoms with E-state index in [1.165, 1.54) is 6.07 Å². The lowest BCUT2D eigenvalue weighted by Crippen LogP contribution is -2.07. The Kier molecular flexibility index (Phi) is 3.37. The van der Waals surface area contributed by atoms with Gasteiger partial charge in [0.15, 0.2) is 0 Å². The highest BCUT2D eigenvalue weighted by Gasteiger charge is 2.18. The average molecular weight is 186 g/mol. The molecule has 0 spiro atoms. The number of aryl methyl sites for hydroxylation is 1. The maximum atomic E-state index is 12.1. The number of aliphatic hydroxyl groups excluding tert-OH is 1. The van der Waals surface area contributed by atoms with Crippen molar-refractivity contribution in [3.05, 3.63) is 35.4 Å². The van der Waals surface area contributed by atoms with E-state index in [9.17, 15) is 8.78 Å². The second-order valence-corrected chi connectivity index (χ2v) is 2.88. The smallest absolute Gasteiger partial charge is 0.268 e. The quantitative estimate of drug-likeness (QED) is 0.769. The van der Waals surface area contributed by atoms with E-state index in [1.54, 1.807) is 12.1 Å². The lowest BCUT2D eigenvalue weighted by atomic mass is 10.1. The van der Waals surface area contributed by atoms with Gasteiger partial charge >= 0.3 is 0 Å². The Morgan fingerprint density at radius 3 is 2.62 bits per heavy atom. The summed E-state index contributed by atoms with van der Waals surface area (Å²) in [6.45, 7) is 1.94. The Morgan fingerprint density at radius 1 is 1.38 bits per heavy atom. The van der Waals surface area contributed by atoms with Gasteiger partial charge in [-0.15, -0.1) is 0 Å². The van der Waals surface area contributed by atoms with Crippen LogP contribution in [0.3, 0.4) is 0 Å². The third-order valence-electron chi connectivity index (χ3n) is 1.94. The second-order valence-electron chi connectivity index (χ2n) is 2.88. The highest BCUT2D eigenvalue weighted by atomic mass is 19.3. The molecule has 0 aliphatic heterocycles. The first-order valence-corrected chi connectivity index (χ1v) is 4.20. The van der Waals surface area contributed by atoms with E-state index in [-0.39, 0.29) is 5.56 Å². The molecule has 13 heavy (non-hydrogen) atoms. The van der Waals surface area contributed by atoms with Crippen LogP contribution in [-0.4, -0.2) is 11.5 Å². The Labute approximate surface area is 76.0 Å². The Balaban J connectivity index is 2.88. The van der Waals surface area contributed by atoms with E-state index in [1.807, 2.05) is 13.0 Å². The fourth-order valence-electron chi connectivity index (χ4n) is 1.14. The van der Waals surface area contributed by atoms with E-state index < -0.39 is 12.5 Å². The summed E-state index contributed by atoms with van der Waals surface area (Å²) in [4.78, 5) is 0. The highest BCUT2D eigenvalue weighted by molar-refractivity contribution is 5.25. The van der Waals surface area contributed by atoms with Crippen LogP contribution < -0.4 is 0 Å². The lowest BCUT2D eigenvalue weighted by molar-refractivity contribution is -0.00581. The standard InChI is InChI=1S/C10H12F2O/c1-2-7-4-3-5-8(6-7)9(13)10(11)12/h3-6,9-10,13H,2H2,1H3. The molecule has 0 heterocycles. The number of benzene rings is 1. The van der Waals surface area contributed by atoms with E-state index in [4.69, 9.17) is 5.11 Å². The molecule has 1 atom stereocenters. The number of rotatable bonds is 3. The lowest BCUT2D eigenvalue weighted by Gasteiger charge is -2.10. The zero-order chi connectivity index (χ0) is 9.84. The molecular formula is C10H12F2O. The van der Waals surface area contributed by atoms with Crippen LogP contribution in [0.25, 0.3) is 0 Å². The summed E-state index contributed by atoms with van der Waals surface area (Å²) in [5.74, 6) is 0. The number of halogens is 2. The third-order valence-corrected chi connectivity index (χ3v) is 1.94. The molecule has 1 aromatic carbocycles. The molecule has 1 aromatic rings. The molecular weight excluding hydrogens is 174 g/mol. The van der Waals surface area contributed by atoms with E-state index in [0.717, 1.165) is 12.0 Å². The van der Waals surface area contributed by atoms with Crippen LogP contribution in [-0.2, 0) is 6.42 Å². The van der Waals surface area contributed by atoms with Crippen LogP contribution in [0, 0.1) is 0 Å². The van der Waals surface area contributed by atoms with Gasteiger partial charge in [0.2, 0.25) is 0 Å². The fraction of sp³-hybridized carbons (Fsp3) is 0.400. The van der Waals surface area contributed by atoms with E-state index in [2.05, 4.69) is 0 Å². The topological polar surface area (TPSA) is 20.2 Å². The van der Waals surface area contributed by atoms with Crippen LogP contribution >= 0.6 is 0 Å². The highest BCUT2D eigenvalue weighted by Crippen LogP contribution is 2.21. The van der Waals surface area contributed by atoms with Crippen molar-refractivity contribution in [2.24, 2.45) is 0 Å². The molecule has 0 radical (unpaired) electrons. The maximum Gasteiger partial charge on any atom is 0.268 e. The zero-order valence-electron chi connectivity index (χ0n) is 7.37. The van der Waals surface area contributed by atoms with Gasteiger partial charge in [0.25, 0.3) is 6.43 Å². The molecule has 0 aromatic heterocycles. The minimum Gasteiger partial charge on any atom is -0.382 e. The molecule has 1 N–H and O–H groups in total. The van der Waals surface area contributed by atoms with Crippen molar-refractivity contribution in [1.29, 1.82) is 0 Å². The van der Waals surface area contributed by atoms with Gasteiger partial charge in [0, 0.05) is 0 Å². The Morgan fingerprint density at radius 2 is 2.08 bits per heavy atom. The summed E-state index contributed by atoms with van der Waals surface area (Å²) in [6, 6.07) is 6.65. The monoisotopic (exact) mass is 186 g/mol. The van der Waals surface area contributed by atoms with Crippen molar-refractivity contribution in [1.82, 2.24) is 0 Å². The molecule has 1 nitrogen and oxygen atoms in total. The summed E-state index contributed by atoms with van der Waals surface area (Å²) in [7, 11) is 0. The molecule has 0 bridgehead atoms. The summed E-state index contributed by atoms with van der Waals surface area (Å²) in [5, 5.41) is 9.07. The van der Waals surface area contributed by atoms with Gasteiger partial charge in [-0.2, -0.15) is 0 Å². The van der Waals surface area contributed by atoms with Gasteiger partial charge < -0.3 is 5.11 Å². The van der Waals surface area contributed by atoms with Crippen LogP contribution in [0.15, 0.2) is 24.3 Å². The number of alkyl halides is 2. The van der Waals surface area contributed by atoms with E-state index in [0.29, 0.717) is 0 Å². The van der Waals surface area contributed by atoms with Gasteiger partial charge in [0.05, 0.1) is 0 Å². The van der Waals surface area contributed by atoms with E-state index >= 15 is 0 Å². The molecule has 0 aliphatic rings. The number of aliphatic hydroxyl groups is 1. The third kappa shape index (κ3) is 2.49. The van der Waals surface area contributed by atoms with Crippen molar-refractivity contribution < 1.29 is 13.9 Å². The predicted octanol–water partition coefficient (Wildman–Crippen LogP) is 2.55. The fourth-order valence-corrected chi connectivity index (χ4v) is 1.14. The summed E-state index contributed by atoms with van der Waals surface area (Å²) < 4.78 is 24.2. The predicted molar refractivity (Wildman–Crippen MR) is 46.8 cm³/mol. The van der Waals surface area contributed by atoms with Crippen molar-refractivity contribution in [2.45, 2.75) is 25.9 Å². The van der Waals surface area contributed by atoms with Crippen molar-refractivity contribution >= 4 is 0 Å².